The zero-order valence-corrected chi connectivity index (χ0v) is 18.6. The van der Waals surface area contributed by atoms with Crippen LogP contribution in [0.4, 0.5) is 0 Å². The number of nitrogens with zero attached hydrogens (tertiary/aromatic N) is 1. The van der Waals surface area contributed by atoms with E-state index in [0.29, 0.717) is 6.04 Å². The minimum absolute atomic E-state index is 0.0699. The molecule has 162 valence electrons. The fourth-order valence-corrected chi connectivity index (χ4v) is 8.73. The number of hydrogen-bond acceptors (Lipinski definition) is 5. The van der Waals surface area contributed by atoms with E-state index in [1.165, 1.54) is 17.5 Å². The lowest BCUT2D eigenvalue weighted by atomic mass is 9.34. The Labute approximate surface area is 179 Å². The van der Waals surface area contributed by atoms with Gasteiger partial charge in [0.1, 0.15) is 17.5 Å². The minimum atomic E-state index is -0.538. The number of piperidine rings is 1. The van der Waals surface area contributed by atoms with Gasteiger partial charge in [0.25, 0.3) is 0 Å². The molecular weight excluding hydrogens is 378 g/mol. The van der Waals surface area contributed by atoms with Crippen LogP contribution in [0.5, 0.6) is 11.5 Å². The van der Waals surface area contributed by atoms with Crippen LogP contribution in [0.3, 0.4) is 0 Å². The molecule has 4 aliphatic carbocycles. The van der Waals surface area contributed by atoms with Crippen LogP contribution in [0.25, 0.3) is 0 Å². The summed E-state index contributed by atoms with van der Waals surface area (Å²) in [5.41, 5.74) is 2.28. The van der Waals surface area contributed by atoms with E-state index in [-0.39, 0.29) is 28.6 Å². The quantitative estimate of drug-likeness (QED) is 0.742. The van der Waals surface area contributed by atoms with Crippen molar-refractivity contribution in [2.75, 3.05) is 27.3 Å². The number of carbonyl (C=O) groups excluding carboxylic acids is 1. The van der Waals surface area contributed by atoms with Crippen molar-refractivity contribution in [3.8, 4) is 11.5 Å². The van der Waals surface area contributed by atoms with Gasteiger partial charge < -0.3 is 14.2 Å². The molecule has 2 heterocycles. The summed E-state index contributed by atoms with van der Waals surface area (Å²) in [6, 6.07) is 4.82. The number of carbonyl (C=O) groups is 1. The first-order valence-electron chi connectivity index (χ1n) is 11.7. The van der Waals surface area contributed by atoms with Crippen LogP contribution in [0.2, 0.25) is 0 Å². The molecule has 4 fully saturated rings. The molecule has 2 aliphatic heterocycles. The first-order chi connectivity index (χ1) is 14.5. The third kappa shape index (κ3) is 1.83. The van der Waals surface area contributed by atoms with Crippen LogP contribution in [0.1, 0.15) is 57.1 Å². The molecule has 6 atom stereocenters. The number of Topliss-reactive ketones (excluding diaryl/α,β-unsaturated/α-hetero) is 1. The van der Waals surface area contributed by atoms with Crippen LogP contribution in [-0.2, 0) is 21.4 Å². The minimum Gasteiger partial charge on any atom is -0.493 e. The van der Waals surface area contributed by atoms with Gasteiger partial charge in [0, 0.05) is 29.5 Å². The Morgan fingerprint density at radius 2 is 2.10 bits per heavy atom. The van der Waals surface area contributed by atoms with Gasteiger partial charge in [-0.2, -0.15) is 0 Å². The van der Waals surface area contributed by atoms with Crippen LogP contribution >= 0.6 is 0 Å². The van der Waals surface area contributed by atoms with Crippen molar-refractivity contribution in [3.05, 3.63) is 23.3 Å². The topological polar surface area (TPSA) is 48.0 Å². The van der Waals surface area contributed by atoms with Crippen LogP contribution < -0.4 is 9.47 Å². The Bertz CT molecular complexity index is 930. The Morgan fingerprint density at radius 3 is 2.80 bits per heavy atom. The van der Waals surface area contributed by atoms with E-state index >= 15 is 0 Å². The van der Waals surface area contributed by atoms with Gasteiger partial charge in [-0.25, -0.2) is 0 Å². The first-order valence-corrected chi connectivity index (χ1v) is 11.7. The van der Waals surface area contributed by atoms with E-state index < -0.39 is 5.60 Å². The maximum absolute atomic E-state index is 13.0. The number of ether oxygens (including phenoxy) is 3. The largest absolute Gasteiger partial charge is 0.493 e. The van der Waals surface area contributed by atoms with Gasteiger partial charge in [-0.1, -0.05) is 13.0 Å². The average Bonchev–Trinajstić information content (AvgIpc) is 3.12. The number of ketones is 1. The Hall–Kier alpha value is -1.59. The zero-order chi connectivity index (χ0) is 20.9. The third-order valence-corrected chi connectivity index (χ3v) is 9.68. The molecule has 0 unspecified atom stereocenters. The van der Waals surface area contributed by atoms with Gasteiger partial charge >= 0.3 is 0 Å². The molecule has 4 bridgehead atoms. The maximum atomic E-state index is 13.0. The van der Waals surface area contributed by atoms with E-state index in [4.69, 9.17) is 14.2 Å². The molecule has 3 saturated carbocycles. The van der Waals surface area contributed by atoms with Crippen molar-refractivity contribution in [2.45, 2.75) is 75.5 Å². The number of likely N-dealkylation sites (tertiary alicyclic amines) is 1. The first kappa shape index (κ1) is 19.1. The van der Waals surface area contributed by atoms with E-state index in [0.717, 1.165) is 56.7 Å². The number of benzene rings is 1. The highest BCUT2D eigenvalue weighted by Gasteiger charge is 2.81. The normalized spacial score (nSPS) is 42.6. The van der Waals surface area contributed by atoms with Crippen LogP contribution in [0.15, 0.2) is 12.1 Å². The summed E-state index contributed by atoms with van der Waals surface area (Å²) in [5.74, 6) is 1.91. The highest BCUT2D eigenvalue weighted by atomic mass is 16.6. The standard InChI is InChI=1S/C25H33NO4/c1-5-11-26-12-10-24-20-16-6-7-18(28-3)21(20)30-22(24)25(29-4)9-8-23(24,19(26)13-16)14-17(25)15(2)27/h6-7,17,19,22H,5,8-14H2,1-4H3/t17-,19+,22+,23+,24-,25+/m0/s1. The molecule has 30 heavy (non-hydrogen) atoms. The summed E-state index contributed by atoms with van der Waals surface area (Å²) in [7, 11) is 3.52. The van der Waals surface area contributed by atoms with Crippen molar-refractivity contribution < 1.29 is 19.0 Å². The fraction of sp³-hybridized carbons (Fsp3) is 0.720. The zero-order valence-electron chi connectivity index (χ0n) is 18.6. The van der Waals surface area contributed by atoms with E-state index in [1.807, 2.05) is 0 Å². The molecule has 2 spiro atoms. The van der Waals surface area contributed by atoms with Crippen molar-refractivity contribution >= 4 is 5.78 Å². The molecule has 0 radical (unpaired) electrons. The average molecular weight is 412 g/mol. The van der Waals surface area contributed by atoms with Gasteiger partial charge in [0.15, 0.2) is 11.5 Å². The van der Waals surface area contributed by atoms with E-state index in [2.05, 4.69) is 24.0 Å². The smallest absolute Gasteiger partial charge is 0.165 e. The second-order valence-corrected chi connectivity index (χ2v) is 10.3. The van der Waals surface area contributed by atoms with Crippen molar-refractivity contribution in [1.82, 2.24) is 4.90 Å². The Kier molecular flexibility index (Phi) is 3.83. The molecular formula is C25H33NO4. The SMILES string of the molecule is CCCN1CC[C@]23c4c5ccc(OC)c4O[C@H]2[C@@]2(OC)CC[C@@]3(C[C@H]2C(C)=O)[C@H]1C5. The molecule has 1 aromatic carbocycles. The van der Waals surface area contributed by atoms with E-state index in [9.17, 15) is 4.79 Å². The van der Waals surface area contributed by atoms with Crippen molar-refractivity contribution in [2.24, 2.45) is 11.3 Å². The molecule has 7 rings (SSSR count). The highest BCUT2D eigenvalue weighted by molar-refractivity contribution is 5.81. The van der Waals surface area contributed by atoms with Gasteiger partial charge in [-0.05, 0) is 70.2 Å². The number of methoxy groups -OCH3 is 2. The predicted molar refractivity (Wildman–Crippen MR) is 113 cm³/mol. The van der Waals surface area contributed by atoms with Crippen LogP contribution in [0, 0.1) is 11.3 Å². The summed E-state index contributed by atoms with van der Waals surface area (Å²) in [5, 5.41) is 0. The number of hydrogen-bond donors (Lipinski definition) is 0. The molecule has 1 aromatic rings. The number of fused-ring (bicyclic) bond motifs is 2. The summed E-state index contributed by atoms with van der Waals surface area (Å²) in [6.07, 6.45) is 6.14. The van der Waals surface area contributed by atoms with Crippen molar-refractivity contribution in [3.63, 3.8) is 0 Å². The predicted octanol–water partition coefficient (Wildman–Crippen LogP) is 3.51. The van der Waals surface area contributed by atoms with Gasteiger partial charge in [-0.3, -0.25) is 9.69 Å². The second-order valence-electron chi connectivity index (χ2n) is 10.3. The van der Waals surface area contributed by atoms with Crippen molar-refractivity contribution in [1.29, 1.82) is 0 Å². The molecule has 0 amide bonds. The molecule has 0 N–H and O–H groups in total. The van der Waals surface area contributed by atoms with Crippen LogP contribution in [-0.4, -0.2) is 55.7 Å². The lowest BCUT2D eigenvalue weighted by Crippen LogP contribution is -2.81. The third-order valence-electron chi connectivity index (χ3n) is 9.68. The summed E-state index contributed by atoms with van der Waals surface area (Å²) >= 11 is 0. The number of rotatable bonds is 5. The fourth-order valence-electron chi connectivity index (χ4n) is 8.73. The van der Waals surface area contributed by atoms with Gasteiger partial charge in [0.2, 0.25) is 0 Å². The second kappa shape index (κ2) is 6.01. The Balaban J connectivity index is 1.65. The van der Waals surface area contributed by atoms with Gasteiger partial charge in [-0.15, -0.1) is 0 Å². The Morgan fingerprint density at radius 1 is 1.27 bits per heavy atom. The lowest BCUT2D eigenvalue weighted by Gasteiger charge is -2.73. The molecule has 5 nitrogen and oxygen atoms in total. The summed E-state index contributed by atoms with van der Waals surface area (Å²) in [6.45, 7) is 6.26. The highest BCUT2D eigenvalue weighted by Crippen LogP contribution is 2.76. The summed E-state index contributed by atoms with van der Waals surface area (Å²) in [4.78, 5) is 15.7. The molecule has 6 aliphatic rings. The molecule has 5 heteroatoms. The van der Waals surface area contributed by atoms with Gasteiger partial charge in [0.05, 0.1) is 13.0 Å². The monoisotopic (exact) mass is 411 g/mol. The molecule has 1 saturated heterocycles. The lowest BCUT2D eigenvalue weighted by molar-refractivity contribution is -0.271. The molecule has 0 aromatic heterocycles. The maximum Gasteiger partial charge on any atom is 0.165 e. The van der Waals surface area contributed by atoms with E-state index in [1.54, 1.807) is 21.1 Å². The summed E-state index contributed by atoms with van der Waals surface area (Å²) < 4.78 is 19.0.